The third-order valence-electron chi connectivity index (χ3n) is 1.87. The van der Waals surface area contributed by atoms with E-state index < -0.39 is 10.0 Å². The molecule has 5 heteroatoms. The van der Waals surface area contributed by atoms with E-state index in [9.17, 15) is 8.42 Å². The predicted octanol–water partition coefficient (Wildman–Crippen LogP) is 0.434. The van der Waals surface area contributed by atoms with Crippen LogP contribution >= 0.6 is 0 Å². The molecule has 0 saturated heterocycles. The van der Waals surface area contributed by atoms with Crippen molar-refractivity contribution < 1.29 is 8.42 Å². The number of sulfonamides is 1. The Morgan fingerprint density at radius 2 is 2.14 bits per heavy atom. The SMILES string of the molecule is C=CCN(C)S(=O)(=O)CCCNCC. The van der Waals surface area contributed by atoms with Gasteiger partial charge in [0.2, 0.25) is 10.0 Å². The average molecular weight is 220 g/mol. The summed E-state index contributed by atoms with van der Waals surface area (Å²) in [6.45, 7) is 7.51. The molecule has 84 valence electrons. The van der Waals surface area contributed by atoms with Crippen LogP contribution in [0, 0.1) is 0 Å². The second kappa shape index (κ2) is 6.98. The first kappa shape index (κ1) is 13.6. The van der Waals surface area contributed by atoms with Crippen LogP contribution in [0.15, 0.2) is 12.7 Å². The maximum atomic E-state index is 11.5. The van der Waals surface area contributed by atoms with Gasteiger partial charge in [-0.05, 0) is 19.5 Å². The number of hydrogen-bond donors (Lipinski definition) is 1. The molecule has 0 aromatic rings. The third-order valence-corrected chi connectivity index (χ3v) is 3.77. The molecule has 14 heavy (non-hydrogen) atoms. The third kappa shape index (κ3) is 5.36. The van der Waals surface area contributed by atoms with Crippen LogP contribution in [0.5, 0.6) is 0 Å². The van der Waals surface area contributed by atoms with Crippen LogP contribution in [0.2, 0.25) is 0 Å². The molecule has 0 fully saturated rings. The summed E-state index contributed by atoms with van der Waals surface area (Å²) >= 11 is 0. The van der Waals surface area contributed by atoms with Gasteiger partial charge >= 0.3 is 0 Å². The van der Waals surface area contributed by atoms with Gasteiger partial charge in [-0.25, -0.2) is 12.7 Å². The molecule has 0 aromatic carbocycles. The van der Waals surface area contributed by atoms with E-state index in [0.29, 0.717) is 13.0 Å². The van der Waals surface area contributed by atoms with Crippen molar-refractivity contribution >= 4 is 10.0 Å². The minimum Gasteiger partial charge on any atom is -0.317 e. The van der Waals surface area contributed by atoms with Gasteiger partial charge in [0.25, 0.3) is 0 Å². The first-order valence-corrected chi connectivity index (χ1v) is 6.41. The van der Waals surface area contributed by atoms with Crippen molar-refractivity contribution in [1.29, 1.82) is 0 Å². The Morgan fingerprint density at radius 3 is 2.64 bits per heavy atom. The molecule has 0 atom stereocenters. The standard InChI is InChI=1S/C9H20N2O2S/c1-4-8-11(3)14(12,13)9-6-7-10-5-2/h4,10H,1,5-9H2,2-3H3. The average Bonchev–Trinajstić information content (AvgIpc) is 2.13. The molecule has 1 N–H and O–H groups in total. The first-order valence-electron chi connectivity index (χ1n) is 4.80. The van der Waals surface area contributed by atoms with Crippen molar-refractivity contribution in [3.05, 3.63) is 12.7 Å². The zero-order valence-electron chi connectivity index (χ0n) is 8.99. The summed E-state index contributed by atoms with van der Waals surface area (Å²) in [6.07, 6.45) is 2.24. The van der Waals surface area contributed by atoms with Gasteiger partial charge in [0.1, 0.15) is 0 Å². The number of hydrogen-bond acceptors (Lipinski definition) is 3. The fourth-order valence-electron chi connectivity index (χ4n) is 1.01. The lowest BCUT2D eigenvalue weighted by Crippen LogP contribution is -2.30. The van der Waals surface area contributed by atoms with Gasteiger partial charge in [0.05, 0.1) is 5.75 Å². The number of rotatable bonds is 8. The van der Waals surface area contributed by atoms with E-state index in [4.69, 9.17) is 0 Å². The van der Waals surface area contributed by atoms with Crippen LogP contribution in [0.1, 0.15) is 13.3 Å². The summed E-state index contributed by atoms with van der Waals surface area (Å²) in [5, 5.41) is 3.09. The molecule has 0 bridgehead atoms. The molecule has 0 amide bonds. The topological polar surface area (TPSA) is 49.4 Å². The first-order chi connectivity index (χ1) is 6.54. The minimum absolute atomic E-state index is 0.199. The molecular formula is C9H20N2O2S. The van der Waals surface area contributed by atoms with E-state index in [0.717, 1.165) is 13.1 Å². The van der Waals surface area contributed by atoms with Crippen LogP contribution in [-0.2, 0) is 10.0 Å². The normalized spacial score (nSPS) is 11.9. The van der Waals surface area contributed by atoms with Crippen LogP contribution in [-0.4, -0.2) is 45.2 Å². The molecule has 4 nitrogen and oxygen atoms in total. The molecule has 0 rings (SSSR count). The second-order valence-corrected chi connectivity index (χ2v) is 5.29. The molecule has 0 saturated carbocycles. The van der Waals surface area contributed by atoms with Crippen LogP contribution in [0.25, 0.3) is 0 Å². The van der Waals surface area contributed by atoms with Gasteiger partial charge in [-0.3, -0.25) is 0 Å². The maximum absolute atomic E-state index is 11.5. The largest absolute Gasteiger partial charge is 0.317 e. The van der Waals surface area contributed by atoms with E-state index in [1.807, 2.05) is 6.92 Å². The van der Waals surface area contributed by atoms with Gasteiger partial charge in [0, 0.05) is 13.6 Å². The summed E-state index contributed by atoms with van der Waals surface area (Å²) in [5.74, 6) is 0.199. The number of likely N-dealkylation sites (N-methyl/N-ethyl adjacent to an activating group) is 1. The molecule has 0 radical (unpaired) electrons. The van der Waals surface area contributed by atoms with Crippen molar-refractivity contribution in [2.24, 2.45) is 0 Å². The lowest BCUT2D eigenvalue weighted by molar-refractivity contribution is 0.496. The van der Waals surface area contributed by atoms with E-state index in [-0.39, 0.29) is 5.75 Å². The molecular weight excluding hydrogens is 200 g/mol. The fraction of sp³-hybridized carbons (Fsp3) is 0.778. The van der Waals surface area contributed by atoms with E-state index >= 15 is 0 Å². The zero-order valence-corrected chi connectivity index (χ0v) is 9.81. The van der Waals surface area contributed by atoms with Crippen LogP contribution in [0.3, 0.4) is 0 Å². The maximum Gasteiger partial charge on any atom is 0.214 e. The summed E-state index contributed by atoms with van der Waals surface area (Å²) in [7, 11) is -1.51. The fourth-order valence-corrected chi connectivity index (χ4v) is 2.16. The highest BCUT2D eigenvalue weighted by atomic mass is 32.2. The molecule has 0 spiro atoms. The van der Waals surface area contributed by atoms with Crippen molar-refractivity contribution in [2.75, 3.05) is 32.4 Å². The van der Waals surface area contributed by atoms with Crippen molar-refractivity contribution in [2.45, 2.75) is 13.3 Å². The van der Waals surface area contributed by atoms with Crippen molar-refractivity contribution in [3.8, 4) is 0 Å². The Hall–Kier alpha value is -0.390. The molecule has 0 unspecified atom stereocenters. The zero-order chi connectivity index (χ0) is 11.0. The van der Waals surface area contributed by atoms with Gasteiger partial charge in [0.15, 0.2) is 0 Å². The van der Waals surface area contributed by atoms with Gasteiger partial charge < -0.3 is 5.32 Å². The van der Waals surface area contributed by atoms with E-state index in [1.165, 1.54) is 4.31 Å². The van der Waals surface area contributed by atoms with Crippen molar-refractivity contribution in [1.82, 2.24) is 9.62 Å². The summed E-state index contributed by atoms with van der Waals surface area (Å²) < 4.78 is 24.4. The Balaban J connectivity index is 3.88. The minimum atomic E-state index is -3.08. The Morgan fingerprint density at radius 1 is 1.50 bits per heavy atom. The monoisotopic (exact) mass is 220 g/mol. The lowest BCUT2D eigenvalue weighted by atomic mass is 10.5. The summed E-state index contributed by atoms with van der Waals surface area (Å²) in [4.78, 5) is 0. The van der Waals surface area contributed by atoms with Gasteiger partial charge in [-0.1, -0.05) is 13.0 Å². The highest BCUT2D eigenvalue weighted by molar-refractivity contribution is 7.89. The highest BCUT2D eigenvalue weighted by Crippen LogP contribution is 1.99. The van der Waals surface area contributed by atoms with Gasteiger partial charge in [-0.2, -0.15) is 0 Å². The Labute approximate surface area is 87.0 Å². The Bertz CT molecular complexity index is 250. The second-order valence-electron chi connectivity index (χ2n) is 3.09. The Kier molecular flexibility index (Phi) is 6.78. The molecule has 0 aliphatic heterocycles. The smallest absolute Gasteiger partial charge is 0.214 e. The van der Waals surface area contributed by atoms with Crippen molar-refractivity contribution in [3.63, 3.8) is 0 Å². The van der Waals surface area contributed by atoms with Crippen LogP contribution in [0.4, 0.5) is 0 Å². The summed E-state index contributed by atoms with van der Waals surface area (Å²) in [5.41, 5.74) is 0. The lowest BCUT2D eigenvalue weighted by Gasteiger charge is -2.14. The van der Waals surface area contributed by atoms with E-state index in [1.54, 1.807) is 13.1 Å². The number of nitrogens with one attached hydrogen (secondary N) is 1. The predicted molar refractivity (Wildman–Crippen MR) is 59.8 cm³/mol. The molecule has 0 aromatic heterocycles. The molecule has 0 aliphatic rings. The summed E-state index contributed by atoms with van der Waals surface area (Å²) in [6, 6.07) is 0. The highest BCUT2D eigenvalue weighted by Gasteiger charge is 2.15. The number of nitrogens with zero attached hydrogens (tertiary/aromatic N) is 1. The van der Waals surface area contributed by atoms with E-state index in [2.05, 4.69) is 11.9 Å². The molecule has 0 aliphatic carbocycles. The van der Waals surface area contributed by atoms with Crippen LogP contribution < -0.4 is 5.32 Å². The van der Waals surface area contributed by atoms with Gasteiger partial charge in [-0.15, -0.1) is 6.58 Å². The molecule has 0 heterocycles. The quantitative estimate of drug-likeness (QED) is 0.477.